The molecule has 1 aromatic heterocycles. The number of hydrogen-bond donors (Lipinski definition) is 1. The number of rotatable bonds is 1. The summed E-state index contributed by atoms with van der Waals surface area (Å²) in [6, 6.07) is 5.00. The first kappa shape index (κ1) is 11.5. The van der Waals surface area contributed by atoms with Gasteiger partial charge in [-0.15, -0.1) is 11.6 Å². The second kappa shape index (κ2) is 4.28. The monoisotopic (exact) mass is 266 g/mol. The number of para-hydroxylation sites is 1. The molecule has 0 atom stereocenters. The molecule has 0 unspecified atom stereocenters. The molecular weight excluding hydrogens is 255 g/mol. The fraction of sp³-hybridized carbons (Fsp3) is 0.308. The van der Waals surface area contributed by atoms with E-state index in [1.807, 2.05) is 6.07 Å². The number of carbonyl (C=O) groups is 1. The molecule has 0 spiro atoms. The highest BCUT2D eigenvalue weighted by Crippen LogP contribution is 2.29. The normalized spacial score (nSPS) is 14.9. The Morgan fingerprint density at radius 1 is 1.50 bits per heavy atom. The second-order valence-electron chi connectivity index (χ2n) is 4.44. The number of halogens is 2. The predicted molar refractivity (Wildman–Crippen MR) is 68.1 cm³/mol. The van der Waals surface area contributed by atoms with Crippen molar-refractivity contribution in [3.8, 4) is 0 Å². The summed E-state index contributed by atoms with van der Waals surface area (Å²) in [4.78, 5) is 16.4. The molecule has 1 N–H and O–H groups in total. The summed E-state index contributed by atoms with van der Waals surface area (Å²) in [5, 5.41) is 0.858. The minimum atomic E-state index is -0.253. The fourth-order valence-electron chi connectivity index (χ4n) is 2.50. The van der Waals surface area contributed by atoms with Crippen LogP contribution in [-0.4, -0.2) is 28.2 Å². The van der Waals surface area contributed by atoms with Crippen molar-refractivity contribution >= 4 is 28.4 Å². The van der Waals surface area contributed by atoms with Gasteiger partial charge in [-0.25, -0.2) is 4.39 Å². The molecule has 0 saturated carbocycles. The standard InChI is InChI=1S/C13H12ClFN2O/c14-6-12(18)17-5-4-11-9(7-17)8-2-1-3-10(15)13(8)16-11/h1-3,16H,4-7H2. The van der Waals surface area contributed by atoms with Crippen LogP contribution in [0.4, 0.5) is 4.39 Å². The van der Waals surface area contributed by atoms with Gasteiger partial charge in [-0.3, -0.25) is 4.79 Å². The van der Waals surface area contributed by atoms with Crippen molar-refractivity contribution < 1.29 is 9.18 Å². The van der Waals surface area contributed by atoms with Crippen LogP contribution in [0.2, 0.25) is 0 Å². The van der Waals surface area contributed by atoms with E-state index in [4.69, 9.17) is 11.6 Å². The zero-order chi connectivity index (χ0) is 12.7. The zero-order valence-electron chi connectivity index (χ0n) is 9.67. The molecule has 0 aliphatic carbocycles. The third-order valence-corrected chi connectivity index (χ3v) is 3.66. The highest BCUT2D eigenvalue weighted by atomic mass is 35.5. The average molecular weight is 267 g/mol. The lowest BCUT2D eigenvalue weighted by atomic mass is 10.0. The Kier molecular flexibility index (Phi) is 2.74. The largest absolute Gasteiger partial charge is 0.356 e. The predicted octanol–water partition coefficient (Wildman–Crippen LogP) is 2.43. The number of alkyl halides is 1. The third-order valence-electron chi connectivity index (χ3n) is 3.43. The fourth-order valence-corrected chi connectivity index (χ4v) is 2.67. The summed E-state index contributed by atoms with van der Waals surface area (Å²) in [6.45, 7) is 1.14. The van der Waals surface area contributed by atoms with E-state index in [9.17, 15) is 9.18 Å². The summed E-state index contributed by atoms with van der Waals surface area (Å²) in [5.74, 6) is -0.336. The maximum Gasteiger partial charge on any atom is 0.237 e. The molecule has 94 valence electrons. The van der Waals surface area contributed by atoms with E-state index in [0.717, 1.165) is 16.6 Å². The lowest BCUT2D eigenvalue weighted by Crippen LogP contribution is -2.36. The molecule has 1 aromatic carbocycles. The van der Waals surface area contributed by atoms with Crippen molar-refractivity contribution in [2.75, 3.05) is 12.4 Å². The van der Waals surface area contributed by atoms with Crippen molar-refractivity contribution in [1.29, 1.82) is 0 Å². The minimum absolute atomic E-state index is 0.00789. The number of hydrogen-bond acceptors (Lipinski definition) is 1. The Morgan fingerprint density at radius 2 is 2.33 bits per heavy atom. The van der Waals surface area contributed by atoms with Gasteiger partial charge >= 0.3 is 0 Å². The molecule has 5 heteroatoms. The SMILES string of the molecule is O=C(CCl)N1CCc2[nH]c3c(F)cccc3c2C1. The van der Waals surface area contributed by atoms with Gasteiger partial charge in [0.2, 0.25) is 5.91 Å². The molecule has 0 fully saturated rings. The summed E-state index contributed by atoms with van der Waals surface area (Å²) < 4.78 is 13.7. The summed E-state index contributed by atoms with van der Waals surface area (Å²) >= 11 is 5.57. The smallest absolute Gasteiger partial charge is 0.237 e. The number of amides is 1. The molecule has 0 bridgehead atoms. The second-order valence-corrected chi connectivity index (χ2v) is 4.71. The van der Waals surface area contributed by atoms with Gasteiger partial charge in [0.25, 0.3) is 0 Å². The Hall–Kier alpha value is -1.55. The maximum absolute atomic E-state index is 13.7. The number of fused-ring (bicyclic) bond motifs is 3. The van der Waals surface area contributed by atoms with E-state index >= 15 is 0 Å². The molecular formula is C13H12ClFN2O. The lowest BCUT2D eigenvalue weighted by Gasteiger charge is -2.26. The molecule has 1 aliphatic rings. The Labute approximate surface area is 109 Å². The van der Waals surface area contributed by atoms with Gasteiger partial charge in [0, 0.05) is 36.2 Å². The minimum Gasteiger partial charge on any atom is -0.356 e. The number of aromatic amines is 1. The van der Waals surface area contributed by atoms with Gasteiger partial charge < -0.3 is 9.88 Å². The summed E-state index contributed by atoms with van der Waals surface area (Å²) in [7, 11) is 0. The topological polar surface area (TPSA) is 36.1 Å². The Bertz CT molecular complexity index is 623. The van der Waals surface area contributed by atoms with Crippen molar-refractivity contribution in [2.24, 2.45) is 0 Å². The van der Waals surface area contributed by atoms with E-state index in [1.165, 1.54) is 6.07 Å². The van der Waals surface area contributed by atoms with Crippen molar-refractivity contribution in [3.63, 3.8) is 0 Å². The molecule has 18 heavy (non-hydrogen) atoms. The quantitative estimate of drug-likeness (QED) is 0.791. The van der Waals surface area contributed by atoms with Gasteiger partial charge in [0.1, 0.15) is 11.7 Å². The van der Waals surface area contributed by atoms with Crippen LogP contribution in [0.15, 0.2) is 18.2 Å². The molecule has 0 radical (unpaired) electrons. The van der Waals surface area contributed by atoms with E-state index in [-0.39, 0.29) is 17.6 Å². The van der Waals surface area contributed by atoms with E-state index < -0.39 is 0 Å². The van der Waals surface area contributed by atoms with Gasteiger partial charge in [-0.2, -0.15) is 0 Å². The van der Waals surface area contributed by atoms with Crippen molar-refractivity contribution in [1.82, 2.24) is 9.88 Å². The molecule has 1 amide bonds. The Morgan fingerprint density at radius 3 is 3.11 bits per heavy atom. The van der Waals surface area contributed by atoms with Gasteiger partial charge in [0.15, 0.2) is 0 Å². The summed E-state index contributed by atoms with van der Waals surface area (Å²) in [6.07, 6.45) is 0.714. The highest BCUT2D eigenvalue weighted by Gasteiger charge is 2.24. The number of H-pyrrole nitrogens is 1. The zero-order valence-corrected chi connectivity index (χ0v) is 10.4. The number of aromatic nitrogens is 1. The summed E-state index contributed by atoms with van der Waals surface area (Å²) in [5.41, 5.74) is 2.56. The number of benzene rings is 1. The van der Waals surface area contributed by atoms with Gasteiger partial charge in [-0.05, 0) is 6.07 Å². The van der Waals surface area contributed by atoms with Crippen LogP contribution in [0.25, 0.3) is 10.9 Å². The highest BCUT2D eigenvalue weighted by molar-refractivity contribution is 6.27. The van der Waals surface area contributed by atoms with Crippen LogP contribution in [-0.2, 0) is 17.8 Å². The van der Waals surface area contributed by atoms with Crippen LogP contribution >= 0.6 is 11.6 Å². The maximum atomic E-state index is 13.7. The average Bonchev–Trinajstić information content (AvgIpc) is 2.77. The Balaban J connectivity index is 2.07. The van der Waals surface area contributed by atoms with Gasteiger partial charge in [0.05, 0.1) is 5.52 Å². The van der Waals surface area contributed by atoms with Crippen LogP contribution < -0.4 is 0 Å². The first-order valence-electron chi connectivity index (χ1n) is 5.82. The van der Waals surface area contributed by atoms with Crippen LogP contribution in [0.3, 0.4) is 0 Å². The molecule has 2 heterocycles. The van der Waals surface area contributed by atoms with Crippen LogP contribution in [0, 0.1) is 5.82 Å². The number of nitrogens with zero attached hydrogens (tertiary/aromatic N) is 1. The van der Waals surface area contributed by atoms with Crippen LogP contribution in [0.5, 0.6) is 0 Å². The van der Waals surface area contributed by atoms with E-state index in [1.54, 1.807) is 11.0 Å². The molecule has 2 aromatic rings. The number of nitrogens with one attached hydrogen (secondary N) is 1. The molecule has 0 saturated heterocycles. The van der Waals surface area contributed by atoms with Gasteiger partial charge in [-0.1, -0.05) is 12.1 Å². The first-order chi connectivity index (χ1) is 8.70. The van der Waals surface area contributed by atoms with Crippen molar-refractivity contribution in [3.05, 3.63) is 35.3 Å². The first-order valence-corrected chi connectivity index (χ1v) is 6.36. The van der Waals surface area contributed by atoms with E-state index in [2.05, 4.69) is 4.98 Å². The molecule has 1 aliphatic heterocycles. The third kappa shape index (κ3) is 1.68. The van der Waals surface area contributed by atoms with Crippen molar-refractivity contribution in [2.45, 2.75) is 13.0 Å². The molecule has 3 rings (SSSR count). The lowest BCUT2D eigenvalue weighted by molar-refractivity contribution is -0.129. The van der Waals surface area contributed by atoms with Crippen LogP contribution in [0.1, 0.15) is 11.3 Å². The molecule has 3 nitrogen and oxygen atoms in total. The number of carbonyl (C=O) groups excluding carboxylic acids is 1. The van der Waals surface area contributed by atoms with E-state index in [0.29, 0.717) is 25.0 Å².